The van der Waals surface area contributed by atoms with Crippen molar-refractivity contribution >= 4 is 5.91 Å². The van der Waals surface area contributed by atoms with Crippen LogP contribution in [0.3, 0.4) is 0 Å². The molecule has 1 saturated heterocycles. The zero-order valence-electron chi connectivity index (χ0n) is 14.1. The van der Waals surface area contributed by atoms with Gasteiger partial charge in [-0.05, 0) is 32.6 Å². The van der Waals surface area contributed by atoms with Crippen LogP contribution in [0.1, 0.15) is 63.2 Å². The van der Waals surface area contributed by atoms with Gasteiger partial charge in [0.25, 0.3) is 5.91 Å². The molecular weight excluding hydrogens is 278 g/mol. The van der Waals surface area contributed by atoms with Crippen molar-refractivity contribution in [1.29, 1.82) is 0 Å². The van der Waals surface area contributed by atoms with Gasteiger partial charge in [-0.3, -0.25) is 9.69 Å². The van der Waals surface area contributed by atoms with Crippen molar-refractivity contribution in [2.45, 2.75) is 64.5 Å². The maximum atomic E-state index is 12.4. The van der Waals surface area contributed by atoms with Gasteiger partial charge in [0.15, 0.2) is 5.69 Å². The molecule has 0 unspecified atom stereocenters. The molecule has 5 heteroatoms. The second-order valence-corrected chi connectivity index (χ2v) is 7.60. The highest BCUT2D eigenvalue weighted by molar-refractivity contribution is 5.92. The van der Waals surface area contributed by atoms with Crippen LogP contribution in [0, 0.1) is 5.92 Å². The largest absolute Gasteiger partial charge is 0.360 e. The standard InChI is InChI=1S/C17H27N3O2/c1-11(2)20-9-12(3)14(10-20)18-16(21)13-8-15(22-19-13)17(4)6-5-7-17/h8,11-12,14H,5-7,9-10H2,1-4H3,(H,18,21)/t12-,14+/m0/s1. The molecule has 22 heavy (non-hydrogen) atoms. The number of hydrogen-bond acceptors (Lipinski definition) is 4. The van der Waals surface area contributed by atoms with E-state index in [4.69, 9.17) is 4.52 Å². The Morgan fingerprint density at radius 1 is 1.45 bits per heavy atom. The summed E-state index contributed by atoms with van der Waals surface area (Å²) >= 11 is 0. The fourth-order valence-corrected chi connectivity index (χ4v) is 3.48. The lowest BCUT2D eigenvalue weighted by Crippen LogP contribution is -2.40. The van der Waals surface area contributed by atoms with Crippen LogP contribution in [-0.4, -0.2) is 41.1 Å². The molecule has 0 bridgehead atoms. The van der Waals surface area contributed by atoms with E-state index in [1.54, 1.807) is 0 Å². The van der Waals surface area contributed by atoms with E-state index in [1.165, 1.54) is 6.42 Å². The van der Waals surface area contributed by atoms with Crippen LogP contribution in [0.15, 0.2) is 10.6 Å². The van der Waals surface area contributed by atoms with Crippen LogP contribution in [0.2, 0.25) is 0 Å². The predicted molar refractivity (Wildman–Crippen MR) is 84.8 cm³/mol. The first-order valence-corrected chi connectivity index (χ1v) is 8.41. The lowest BCUT2D eigenvalue weighted by atomic mass is 9.69. The van der Waals surface area contributed by atoms with Gasteiger partial charge in [-0.1, -0.05) is 25.4 Å². The SMILES string of the molecule is CC(C)N1C[C@H](C)[C@H](NC(=O)c2cc(C3(C)CCC3)on2)C1. The van der Waals surface area contributed by atoms with Gasteiger partial charge >= 0.3 is 0 Å². The van der Waals surface area contributed by atoms with Crippen LogP contribution in [-0.2, 0) is 5.41 Å². The first-order valence-electron chi connectivity index (χ1n) is 8.41. The van der Waals surface area contributed by atoms with Gasteiger partial charge in [-0.2, -0.15) is 0 Å². The number of hydrogen-bond donors (Lipinski definition) is 1. The van der Waals surface area contributed by atoms with Gasteiger partial charge in [0.05, 0.1) is 0 Å². The molecule has 3 rings (SSSR count). The lowest BCUT2D eigenvalue weighted by molar-refractivity contribution is 0.0921. The molecule has 1 aromatic rings. The first-order chi connectivity index (χ1) is 10.4. The lowest BCUT2D eigenvalue weighted by Gasteiger charge is -2.35. The van der Waals surface area contributed by atoms with Gasteiger partial charge in [0.2, 0.25) is 0 Å². The normalized spacial score (nSPS) is 27.9. The quantitative estimate of drug-likeness (QED) is 0.929. The molecule has 5 nitrogen and oxygen atoms in total. The summed E-state index contributed by atoms with van der Waals surface area (Å²) in [6.45, 7) is 10.7. The summed E-state index contributed by atoms with van der Waals surface area (Å²) in [4.78, 5) is 14.8. The Hall–Kier alpha value is -1.36. The topological polar surface area (TPSA) is 58.4 Å². The first kappa shape index (κ1) is 15.5. The number of carbonyl (C=O) groups is 1. The van der Waals surface area contributed by atoms with Crippen molar-refractivity contribution < 1.29 is 9.32 Å². The van der Waals surface area contributed by atoms with Crippen LogP contribution in [0.4, 0.5) is 0 Å². The molecule has 1 aromatic heterocycles. The van der Waals surface area contributed by atoms with E-state index in [0.29, 0.717) is 17.7 Å². The number of nitrogens with zero attached hydrogens (tertiary/aromatic N) is 2. The number of amides is 1. The number of aromatic nitrogens is 1. The molecule has 2 atom stereocenters. The molecule has 0 aromatic carbocycles. The minimum Gasteiger partial charge on any atom is -0.360 e. The van der Waals surface area contributed by atoms with Gasteiger partial charge in [-0.25, -0.2) is 0 Å². The van der Waals surface area contributed by atoms with E-state index in [1.807, 2.05) is 6.07 Å². The van der Waals surface area contributed by atoms with Crippen molar-refractivity contribution in [3.05, 3.63) is 17.5 Å². The van der Waals surface area contributed by atoms with Crippen molar-refractivity contribution in [3.8, 4) is 0 Å². The molecule has 122 valence electrons. The maximum absolute atomic E-state index is 12.4. The molecule has 1 amide bonds. The smallest absolute Gasteiger partial charge is 0.273 e. The molecule has 1 aliphatic heterocycles. The van der Waals surface area contributed by atoms with E-state index >= 15 is 0 Å². The molecule has 0 radical (unpaired) electrons. The van der Waals surface area contributed by atoms with E-state index < -0.39 is 0 Å². The summed E-state index contributed by atoms with van der Waals surface area (Å²) < 4.78 is 5.42. The Kier molecular flexibility index (Phi) is 4.02. The van der Waals surface area contributed by atoms with Crippen LogP contribution < -0.4 is 5.32 Å². The predicted octanol–water partition coefficient (Wildman–Crippen LogP) is 2.57. The fraction of sp³-hybridized carbons (Fsp3) is 0.765. The number of rotatable bonds is 4. The summed E-state index contributed by atoms with van der Waals surface area (Å²) in [5.41, 5.74) is 0.499. The van der Waals surface area contributed by atoms with Crippen molar-refractivity contribution in [1.82, 2.24) is 15.4 Å². The molecule has 2 fully saturated rings. The summed E-state index contributed by atoms with van der Waals surface area (Å²) in [7, 11) is 0. The second-order valence-electron chi connectivity index (χ2n) is 7.60. The van der Waals surface area contributed by atoms with E-state index in [-0.39, 0.29) is 17.4 Å². The fourth-order valence-electron chi connectivity index (χ4n) is 3.48. The molecule has 1 aliphatic carbocycles. The molecule has 1 N–H and O–H groups in total. The Bertz CT molecular complexity index is 548. The van der Waals surface area contributed by atoms with E-state index in [0.717, 1.165) is 31.7 Å². The molecular formula is C17H27N3O2. The molecule has 2 heterocycles. The Balaban J connectivity index is 1.63. The number of carbonyl (C=O) groups excluding carboxylic acids is 1. The average Bonchev–Trinajstić information content (AvgIpc) is 3.04. The van der Waals surface area contributed by atoms with Crippen LogP contribution in [0.25, 0.3) is 0 Å². The third-order valence-electron chi connectivity index (χ3n) is 5.48. The van der Waals surface area contributed by atoms with Gasteiger partial charge in [0, 0.05) is 36.7 Å². The highest BCUT2D eigenvalue weighted by atomic mass is 16.5. The van der Waals surface area contributed by atoms with Crippen molar-refractivity contribution in [2.75, 3.05) is 13.1 Å². The zero-order valence-corrected chi connectivity index (χ0v) is 14.1. The van der Waals surface area contributed by atoms with Crippen LogP contribution in [0.5, 0.6) is 0 Å². The Morgan fingerprint density at radius 2 is 2.18 bits per heavy atom. The highest BCUT2D eigenvalue weighted by Crippen LogP contribution is 2.43. The van der Waals surface area contributed by atoms with E-state index in [2.05, 4.69) is 43.1 Å². The summed E-state index contributed by atoms with van der Waals surface area (Å²) in [6, 6.07) is 2.53. The molecule has 1 saturated carbocycles. The third kappa shape index (κ3) is 2.78. The second kappa shape index (κ2) is 5.69. The van der Waals surface area contributed by atoms with Gasteiger partial charge in [-0.15, -0.1) is 0 Å². The minimum atomic E-state index is -0.111. The summed E-state index contributed by atoms with van der Waals surface area (Å²) in [5, 5.41) is 7.11. The average molecular weight is 305 g/mol. The monoisotopic (exact) mass is 305 g/mol. The summed E-state index contributed by atoms with van der Waals surface area (Å²) in [6.07, 6.45) is 3.46. The number of nitrogens with one attached hydrogen (secondary N) is 1. The number of likely N-dealkylation sites (tertiary alicyclic amines) is 1. The highest BCUT2D eigenvalue weighted by Gasteiger charge is 2.38. The maximum Gasteiger partial charge on any atom is 0.273 e. The Morgan fingerprint density at radius 3 is 2.73 bits per heavy atom. The summed E-state index contributed by atoms with van der Waals surface area (Å²) in [5.74, 6) is 1.20. The van der Waals surface area contributed by atoms with Crippen molar-refractivity contribution in [3.63, 3.8) is 0 Å². The van der Waals surface area contributed by atoms with E-state index in [9.17, 15) is 4.79 Å². The molecule has 2 aliphatic rings. The van der Waals surface area contributed by atoms with Gasteiger partial charge < -0.3 is 9.84 Å². The van der Waals surface area contributed by atoms with Crippen LogP contribution >= 0.6 is 0 Å². The van der Waals surface area contributed by atoms with Crippen molar-refractivity contribution in [2.24, 2.45) is 5.92 Å². The minimum absolute atomic E-state index is 0.0840. The van der Waals surface area contributed by atoms with Gasteiger partial charge in [0.1, 0.15) is 5.76 Å². The molecule has 0 spiro atoms. The third-order valence-corrected chi connectivity index (χ3v) is 5.48. The zero-order chi connectivity index (χ0) is 15.9. The Labute approximate surface area is 132 Å².